The lowest BCUT2D eigenvalue weighted by Gasteiger charge is -2.21. The average molecular weight is 419 g/mol. The van der Waals surface area contributed by atoms with Gasteiger partial charge in [-0.3, -0.25) is 9.59 Å². The fraction of sp³-hybridized carbons (Fsp3) is 0.158. The first-order valence-electron chi connectivity index (χ1n) is 8.32. The van der Waals surface area contributed by atoms with E-state index in [1.165, 1.54) is 12.1 Å². The van der Waals surface area contributed by atoms with Crippen LogP contribution in [-0.4, -0.2) is 27.9 Å². The Morgan fingerprint density at radius 1 is 1.29 bits per heavy atom. The number of hydrogen-bond acceptors (Lipinski definition) is 5. The molecular formula is C19H16ClFN4O2S. The van der Waals surface area contributed by atoms with E-state index in [0.29, 0.717) is 22.0 Å². The Morgan fingerprint density at radius 2 is 2.04 bits per heavy atom. The van der Waals surface area contributed by atoms with Crippen LogP contribution >= 0.6 is 23.4 Å². The Balaban J connectivity index is 1.70. The van der Waals surface area contributed by atoms with Crippen molar-refractivity contribution in [1.29, 1.82) is 0 Å². The number of carbonyl (C=O) groups excluding carboxylic acids is 2. The summed E-state index contributed by atoms with van der Waals surface area (Å²) < 4.78 is 13.0. The second-order valence-electron chi connectivity index (χ2n) is 5.96. The maximum Gasteiger partial charge on any atom is 0.238 e. The molecule has 1 aliphatic rings. The normalized spacial score (nSPS) is 18.7. The number of hydrogen-bond donors (Lipinski definition) is 2. The number of anilines is 1. The van der Waals surface area contributed by atoms with Crippen molar-refractivity contribution < 1.29 is 14.0 Å². The van der Waals surface area contributed by atoms with Crippen molar-refractivity contribution in [2.24, 2.45) is 10.2 Å². The molecule has 1 aliphatic heterocycles. The first-order chi connectivity index (χ1) is 13.4. The first kappa shape index (κ1) is 20.0. The minimum absolute atomic E-state index is 0.0245. The van der Waals surface area contributed by atoms with E-state index in [4.69, 9.17) is 11.6 Å². The molecule has 1 heterocycles. The molecule has 2 aromatic rings. The topological polar surface area (TPSA) is 82.9 Å². The Labute approximate surface area is 170 Å². The SMILES string of the molecule is C/C(=N/N=C1\NC(=O)CC(C(=O)Nc2cccc(Cl)c2)S1)c1ccc(F)cc1. The molecule has 0 saturated carbocycles. The number of rotatable bonds is 4. The highest BCUT2D eigenvalue weighted by atomic mass is 35.5. The van der Waals surface area contributed by atoms with E-state index >= 15 is 0 Å². The summed E-state index contributed by atoms with van der Waals surface area (Å²) in [6.07, 6.45) is 0.0245. The fourth-order valence-corrected chi connectivity index (χ4v) is 3.52. The molecule has 0 bridgehead atoms. The number of amidine groups is 1. The molecule has 1 atom stereocenters. The quantitative estimate of drug-likeness (QED) is 0.585. The zero-order valence-corrected chi connectivity index (χ0v) is 16.4. The summed E-state index contributed by atoms with van der Waals surface area (Å²) in [5, 5.41) is 13.5. The monoisotopic (exact) mass is 418 g/mol. The number of benzene rings is 2. The highest BCUT2D eigenvalue weighted by Crippen LogP contribution is 2.23. The van der Waals surface area contributed by atoms with Crippen LogP contribution in [0.5, 0.6) is 0 Å². The molecule has 0 radical (unpaired) electrons. The number of nitrogens with zero attached hydrogens (tertiary/aromatic N) is 2. The summed E-state index contributed by atoms with van der Waals surface area (Å²) in [5.41, 5.74) is 1.80. The van der Waals surface area contributed by atoms with Crippen molar-refractivity contribution in [3.63, 3.8) is 0 Å². The van der Waals surface area contributed by atoms with Gasteiger partial charge in [0.25, 0.3) is 0 Å². The predicted molar refractivity (Wildman–Crippen MR) is 110 cm³/mol. The molecule has 6 nitrogen and oxygen atoms in total. The smallest absolute Gasteiger partial charge is 0.238 e. The van der Waals surface area contributed by atoms with Crippen molar-refractivity contribution in [2.75, 3.05) is 5.32 Å². The average Bonchev–Trinajstić information content (AvgIpc) is 2.66. The molecule has 2 N–H and O–H groups in total. The molecule has 0 aromatic heterocycles. The number of nitrogens with one attached hydrogen (secondary N) is 2. The maximum atomic E-state index is 13.0. The third-order valence-corrected chi connectivity index (χ3v) is 5.12. The third-order valence-electron chi connectivity index (χ3n) is 3.81. The predicted octanol–water partition coefficient (Wildman–Crippen LogP) is 3.82. The van der Waals surface area contributed by atoms with Crippen LogP contribution in [-0.2, 0) is 9.59 Å². The molecule has 1 unspecified atom stereocenters. The summed E-state index contributed by atoms with van der Waals surface area (Å²) in [7, 11) is 0. The molecule has 3 rings (SSSR count). The summed E-state index contributed by atoms with van der Waals surface area (Å²) >= 11 is 7.03. The van der Waals surface area contributed by atoms with Crippen LogP contribution in [0.2, 0.25) is 5.02 Å². The third kappa shape index (κ3) is 5.40. The van der Waals surface area contributed by atoms with E-state index in [1.807, 2.05) is 0 Å². The molecule has 9 heteroatoms. The van der Waals surface area contributed by atoms with E-state index in [1.54, 1.807) is 43.3 Å². The highest BCUT2D eigenvalue weighted by molar-refractivity contribution is 8.15. The van der Waals surface area contributed by atoms with Gasteiger partial charge in [0.1, 0.15) is 11.1 Å². The van der Waals surface area contributed by atoms with Gasteiger partial charge in [-0.1, -0.05) is 41.6 Å². The van der Waals surface area contributed by atoms with E-state index in [2.05, 4.69) is 20.8 Å². The molecule has 1 saturated heterocycles. The van der Waals surface area contributed by atoms with Crippen LogP contribution in [0.1, 0.15) is 18.9 Å². The van der Waals surface area contributed by atoms with Gasteiger partial charge in [0, 0.05) is 17.1 Å². The van der Waals surface area contributed by atoms with Gasteiger partial charge >= 0.3 is 0 Å². The second kappa shape index (κ2) is 8.99. The summed E-state index contributed by atoms with van der Waals surface area (Å²) in [6, 6.07) is 12.6. The standard InChI is InChI=1S/C19H16ClFN4O2S/c1-11(12-5-7-14(21)8-6-12)24-25-19-23-17(26)10-16(28-19)18(27)22-15-4-2-3-13(20)9-15/h2-9,16H,10H2,1H3,(H,22,27)(H,23,25,26)/b24-11-. The van der Waals surface area contributed by atoms with Crippen molar-refractivity contribution in [2.45, 2.75) is 18.6 Å². The van der Waals surface area contributed by atoms with Gasteiger partial charge in [0.15, 0.2) is 5.17 Å². The Bertz CT molecular complexity index is 963. The number of halogens is 2. The van der Waals surface area contributed by atoms with Gasteiger partial charge in [-0.2, -0.15) is 5.10 Å². The van der Waals surface area contributed by atoms with Gasteiger partial charge < -0.3 is 10.6 Å². The summed E-state index contributed by atoms with van der Waals surface area (Å²) in [4.78, 5) is 24.4. The Hall–Kier alpha value is -2.71. The van der Waals surface area contributed by atoms with Gasteiger partial charge in [0.2, 0.25) is 11.8 Å². The lowest BCUT2D eigenvalue weighted by Crippen LogP contribution is -2.41. The number of thioether (sulfide) groups is 1. The molecular weight excluding hydrogens is 403 g/mol. The lowest BCUT2D eigenvalue weighted by atomic mass is 10.1. The zero-order valence-electron chi connectivity index (χ0n) is 14.8. The van der Waals surface area contributed by atoms with Crippen LogP contribution in [0.4, 0.5) is 10.1 Å². The minimum atomic E-state index is -0.646. The van der Waals surface area contributed by atoms with Crippen LogP contribution in [0.15, 0.2) is 58.7 Å². The molecule has 144 valence electrons. The van der Waals surface area contributed by atoms with E-state index in [0.717, 1.165) is 11.8 Å². The Morgan fingerprint density at radius 3 is 2.75 bits per heavy atom. The van der Waals surface area contributed by atoms with Crippen LogP contribution in [0.25, 0.3) is 0 Å². The molecule has 2 aromatic carbocycles. The largest absolute Gasteiger partial charge is 0.325 e. The lowest BCUT2D eigenvalue weighted by molar-refractivity contribution is -0.123. The molecule has 1 fully saturated rings. The minimum Gasteiger partial charge on any atom is -0.325 e. The zero-order chi connectivity index (χ0) is 20.1. The van der Waals surface area contributed by atoms with Crippen LogP contribution < -0.4 is 10.6 Å². The van der Waals surface area contributed by atoms with Gasteiger partial charge in [-0.25, -0.2) is 4.39 Å². The second-order valence-corrected chi connectivity index (χ2v) is 7.58. The molecule has 0 spiro atoms. The van der Waals surface area contributed by atoms with Gasteiger partial charge in [-0.15, -0.1) is 5.10 Å². The fourth-order valence-electron chi connectivity index (χ4n) is 2.40. The van der Waals surface area contributed by atoms with Crippen molar-refractivity contribution in [1.82, 2.24) is 5.32 Å². The number of amides is 2. The van der Waals surface area contributed by atoms with Crippen LogP contribution in [0, 0.1) is 5.82 Å². The van der Waals surface area contributed by atoms with E-state index < -0.39 is 5.25 Å². The van der Waals surface area contributed by atoms with Crippen molar-refractivity contribution in [3.05, 3.63) is 64.9 Å². The van der Waals surface area contributed by atoms with Crippen molar-refractivity contribution >= 4 is 51.7 Å². The Kier molecular flexibility index (Phi) is 6.43. The van der Waals surface area contributed by atoms with Gasteiger partial charge in [0.05, 0.1) is 5.71 Å². The molecule has 28 heavy (non-hydrogen) atoms. The van der Waals surface area contributed by atoms with Crippen LogP contribution in [0.3, 0.4) is 0 Å². The summed E-state index contributed by atoms with van der Waals surface area (Å²) in [5.74, 6) is -0.987. The van der Waals surface area contributed by atoms with E-state index in [-0.39, 0.29) is 29.2 Å². The molecule has 2 amide bonds. The molecule has 0 aliphatic carbocycles. The first-order valence-corrected chi connectivity index (χ1v) is 9.57. The number of carbonyl (C=O) groups is 2. The van der Waals surface area contributed by atoms with Gasteiger partial charge in [-0.05, 0) is 42.8 Å². The summed E-state index contributed by atoms with van der Waals surface area (Å²) in [6.45, 7) is 1.72. The highest BCUT2D eigenvalue weighted by Gasteiger charge is 2.30. The van der Waals surface area contributed by atoms with Crippen molar-refractivity contribution in [3.8, 4) is 0 Å². The maximum absolute atomic E-state index is 13.0. The van der Waals surface area contributed by atoms with E-state index in [9.17, 15) is 14.0 Å².